The van der Waals surface area contributed by atoms with Crippen LogP contribution >= 0.6 is 15.9 Å². The van der Waals surface area contributed by atoms with Crippen molar-refractivity contribution in [2.24, 2.45) is 0 Å². The van der Waals surface area contributed by atoms with Gasteiger partial charge in [0, 0.05) is 18.1 Å². The molecule has 0 aliphatic carbocycles. The number of pyridine rings is 1. The highest BCUT2D eigenvalue weighted by Gasteiger charge is 2.07. The van der Waals surface area contributed by atoms with Crippen molar-refractivity contribution in [3.8, 4) is 0 Å². The van der Waals surface area contributed by atoms with Crippen LogP contribution in [0.3, 0.4) is 0 Å². The lowest BCUT2D eigenvalue weighted by Gasteiger charge is -2.08. The molecule has 1 aromatic carbocycles. The quantitative estimate of drug-likeness (QED) is 0.931. The van der Waals surface area contributed by atoms with Gasteiger partial charge in [0.25, 0.3) is 0 Å². The van der Waals surface area contributed by atoms with Crippen molar-refractivity contribution in [3.63, 3.8) is 0 Å². The average Bonchev–Trinajstić information content (AvgIpc) is 2.32. The van der Waals surface area contributed by atoms with Crippen LogP contribution in [0.4, 0.5) is 11.5 Å². The molecule has 0 atom stereocenters. The van der Waals surface area contributed by atoms with Gasteiger partial charge in [-0.3, -0.25) is 0 Å². The molecule has 0 fully saturated rings. The van der Waals surface area contributed by atoms with E-state index in [1.165, 1.54) is 6.26 Å². The third-order valence-electron chi connectivity index (χ3n) is 2.52. The summed E-state index contributed by atoms with van der Waals surface area (Å²) in [5, 5.41) is 3.13. The highest BCUT2D eigenvalue weighted by atomic mass is 79.9. The number of halogens is 1. The normalized spacial score (nSPS) is 11.3. The highest BCUT2D eigenvalue weighted by Crippen LogP contribution is 2.24. The predicted molar refractivity (Wildman–Crippen MR) is 79.5 cm³/mol. The Bertz CT molecular complexity index is 697. The first kappa shape index (κ1) is 14.0. The van der Waals surface area contributed by atoms with Gasteiger partial charge in [0.1, 0.15) is 5.82 Å². The van der Waals surface area contributed by atoms with Gasteiger partial charge in [-0.05, 0) is 58.7 Å². The average molecular weight is 341 g/mol. The number of rotatable bonds is 3. The van der Waals surface area contributed by atoms with Crippen LogP contribution in [0.15, 0.2) is 45.9 Å². The van der Waals surface area contributed by atoms with Crippen molar-refractivity contribution in [2.75, 3.05) is 11.6 Å². The summed E-state index contributed by atoms with van der Waals surface area (Å²) in [5.74, 6) is 0.692. The molecule has 0 bridgehead atoms. The number of sulfone groups is 1. The standard InChI is InChI=1S/C13H13BrN2O2S/c1-9-7-12(14)13(15-8-9)16-10-3-5-11(6-4-10)19(2,17)18/h3-8H,1-2H3,(H,15,16). The molecule has 19 heavy (non-hydrogen) atoms. The summed E-state index contributed by atoms with van der Waals surface area (Å²) in [6.07, 6.45) is 2.95. The minimum absolute atomic E-state index is 0.300. The molecular formula is C13H13BrN2O2S. The van der Waals surface area contributed by atoms with Crippen molar-refractivity contribution in [3.05, 3.63) is 46.6 Å². The molecule has 1 heterocycles. The summed E-state index contributed by atoms with van der Waals surface area (Å²) in [5.41, 5.74) is 1.84. The lowest BCUT2D eigenvalue weighted by atomic mass is 10.3. The number of hydrogen-bond acceptors (Lipinski definition) is 4. The van der Waals surface area contributed by atoms with Crippen LogP contribution in [-0.2, 0) is 9.84 Å². The molecule has 0 spiro atoms. The molecule has 2 aromatic rings. The number of anilines is 2. The fourth-order valence-electron chi connectivity index (χ4n) is 1.55. The van der Waals surface area contributed by atoms with Crippen LogP contribution in [-0.4, -0.2) is 19.7 Å². The molecule has 0 saturated heterocycles. The maximum absolute atomic E-state index is 11.4. The van der Waals surface area contributed by atoms with Crippen LogP contribution in [0.1, 0.15) is 5.56 Å². The highest BCUT2D eigenvalue weighted by molar-refractivity contribution is 9.10. The minimum Gasteiger partial charge on any atom is -0.339 e. The largest absolute Gasteiger partial charge is 0.339 e. The summed E-state index contributed by atoms with van der Waals surface area (Å²) in [6, 6.07) is 8.52. The van der Waals surface area contributed by atoms with Gasteiger partial charge in [-0.25, -0.2) is 13.4 Å². The molecule has 0 amide bonds. The summed E-state index contributed by atoms with van der Waals surface area (Å²) < 4.78 is 23.6. The summed E-state index contributed by atoms with van der Waals surface area (Å²) in [7, 11) is -3.16. The third-order valence-corrected chi connectivity index (χ3v) is 4.26. The molecule has 100 valence electrons. The Hall–Kier alpha value is -1.40. The molecule has 1 aromatic heterocycles. The van der Waals surface area contributed by atoms with E-state index in [1.54, 1.807) is 30.5 Å². The molecule has 6 heteroatoms. The van der Waals surface area contributed by atoms with E-state index in [1.807, 2.05) is 13.0 Å². The van der Waals surface area contributed by atoms with Crippen molar-refractivity contribution in [1.29, 1.82) is 0 Å². The van der Waals surface area contributed by atoms with Gasteiger partial charge in [-0.1, -0.05) is 0 Å². The molecule has 0 aliphatic heterocycles. The van der Waals surface area contributed by atoms with E-state index in [4.69, 9.17) is 0 Å². The van der Waals surface area contributed by atoms with Crippen LogP contribution in [0, 0.1) is 6.92 Å². The molecule has 0 unspecified atom stereocenters. The molecule has 2 rings (SSSR count). The van der Waals surface area contributed by atoms with E-state index in [-0.39, 0.29) is 0 Å². The number of nitrogens with one attached hydrogen (secondary N) is 1. The van der Waals surface area contributed by atoms with Crippen molar-refractivity contribution in [1.82, 2.24) is 4.98 Å². The van der Waals surface area contributed by atoms with E-state index < -0.39 is 9.84 Å². The first-order valence-electron chi connectivity index (χ1n) is 5.55. The van der Waals surface area contributed by atoms with Crippen molar-refractivity contribution in [2.45, 2.75) is 11.8 Å². The van der Waals surface area contributed by atoms with Gasteiger partial charge in [0.15, 0.2) is 9.84 Å². The Balaban J connectivity index is 2.25. The second-order valence-electron chi connectivity index (χ2n) is 4.26. The Morgan fingerprint density at radius 3 is 2.37 bits per heavy atom. The van der Waals surface area contributed by atoms with E-state index in [0.717, 1.165) is 15.7 Å². The first-order valence-corrected chi connectivity index (χ1v) is 8.24. The predicted octanol–water partition coefficient (Wildman–Crippen LogP) is 3.30. The fourth-order valence-corrected chi connectivity index (χ4v) is 2.74. The Kier molecular flexibility index (Phi) is 3.91. The third kappa shape index (κ3) is 3.54. The number of hydrogen-bond donors (Lipinski definition) is 1. The van der Waals surface area contributed by atoms with Crippen LogP contribution in [0.25, 0.3) is 0 Å². The molecule has 0 radical (unpaired) electrons. The van der Waals surface area contributed by atoms with Gasteiger partial charge in [-0.2, -0.15) is 0 Å². The smallest absolute Gasteiger partial charge is 0.175 e. The molecule has 0 aliphatic rings. The van der Waals surface area contributed by atoms with E-state index in [2.05, 4.69) is 26.2 Å². The lowest BCUT2D eigenvalue weighted by molar-refractivity contribution is 0.602. The van der Waals surface area contributed by atoms with Gasteiger partial charge < -0.3 is 5.32 Å². The molecule has 4 nitrogen and oxygen atoms in total. The minimum atomic E-state index is -3.16. The number of benzene rings is 1. The zero-order chi connectivity index (χ0) is 14.0. The van der Waals surface area contributed by atoms with E-state index in [9.17, 15) is 8.42 Å². The Labute approximate surface area is 120 Å². The molecular weight excluding hydrogens is 328 g/mol. The maximum atomic E-state index is 11.4. The Morgan fingerprint density at radius 2 is 1.84 bits per heavy atom. The topological polar surface area (TPSA) is 59.1 Å². The zero-order valence-corrected chi connectivity index (χ0v) is 12.9. The van der Waals surface area contributed by atoms with Crippen LogP contribution < -0.4 is 5.32 Å². The van der Waals surface area contributed by atoms with Gasteiger partial charge in [0.2, 0.25) is 0 Å². The van der Waals surface area contributed by atoms with Gasteiger partial charge >= 0.3 is 0 Å². The number of nitrogens with zero attached hydrogens (tertiary/aromatic N) is 1. The summed E-state index contributed by atoms with van der Waals surface area (Å²) in [4.78, 5) is 4.57. The lowest BCUT2D eigenvalue weighted by Crippen LogP contribution is -1.98. The zero-order valence-electron chi connectivity index (χ0n) is 10.5. The van der Waals surface area contributed by atoms with Gasteiger partial charge in [-0.15, -0.1) is 0 Å². The second kappa shape index (κ2) is 5.30. The Morgan fingerprint density at radius 1 is 1.21 bits per heavy atom. The second-order valence-corrected chi connectivity index (χ2v) is 7.13. The van der Waals surface area contributed by atoms with Gasteiger partial charge in [0.05, 0.1) is 9.37 Å². The SMILES string of the molecule is Cc1cnc(Nc2ccc(S(C)(=O)=O)cc2)c(Br)c1. The monoisotopic (exact) mass is 340 g/mol. The molecule has 1 N–H and O–H groups in total. The number of aromatic nitrogens is 1. The van der Waals surface area contributed by atoms with Crippen molar-refractivity contribution >= 4 is 37.3 Å². The first-order chi connectivity index (χ1) is 8.86. The van der Waals surface area contributed by atoms with Crippen LogP contribution in [0.5, 0.6) is 0 Å². The summed E-state index contributed by atoms with van der Waals surface area (Å²) >= 11 is 3.43. The maximum Gasteiger partial charge on any atom is 0.175 e. The number of aryl methyl sites for hydroxylation is 1. The van der Waals surface area contributed by atoms with Crippen molar-refractivity contribution < 1.29 is 8.42 Å². The summed E-state index contributed by atoms with van der Waals surface area (Å²) in [6.45, 7) is 1.96. The fraction of sp³-hybridized carbons (Fsp3) is 0.154. The van der Waals surface area contributed by atoms with E-state index in [0.29, 0.717) is 10.7 Å². The molecule has 0 saturated carbocycles. The van der Waals surface area contributed by atoms with Crippen LogP contribution in [0.2, 0.25) is 0 Å². The van der Waals surface area contributed by atoms with E-state index >= 15 is 0 Å².